The number of aromatic nitrogens is 3. The third-order valence-corrected chi connectivity index (χ3v) is 4.56. The Labute approximate surface area is 175 Å². The third kappa shape index (κ3) is 3.81. The van der Waals surface area contributed by atoms with Crippen LogP contribution in [0.1, 0.15) is 16.7 Å². The van der Waals surface area contributed by atoms with Gasteiger partial charge in [-0.2, -0.15) is 0 Å². The van der Waals surface area contributed by atoms with Crippen molar-refractivity contribution in [2.75, 3.05) is 0 Å². The van der Waals surface area contributed by atoms with Gasteiger partial charge in [-0.3, -0.25) is 0 Å². The molecule has 3 aromatic carbocycles. The van der Waals surface area contributed by atoms with Crippen molar-refractivity contribution in [3.8, 4) is 71.2 Å². The first-order valence-corrected chi connectivity index (χ1v) is 9.17. The molecule has 0 unspecified atom stereocenters. The molecule has 0 atom stereocenters. The molecule has 0 saturated heterocycles. The summed E-state index contributed by atoms with van der Waals surface area (Å²) in [5.74, 6) is 9.52. The van der Waals surface area contributed by atoms with E-state index in [0.29, 0.717) is 17.5 Å². The molecule has 0 radical (unpaired) electrons. The molecule has 4 aromatic rings. The van der Waals surface area contributed by atoms with Gasteiger partial charge in [-0.15, -0.1) is 19.3 Å². The molecule has 0 aliphatic carbocycles. The molecule has 0 N–H and O–H groups in total. The van der Waals surface area contributed by atoms with Crippen molar-refractivity contribution in [1.82, 2.24) is 15.0 Å². The Balaban J connectivity index is 1.87. The largest absolute Gasteiger partial charge is 0.208 e. The zero-order chi connectivity index (χ0) is 20.9. The Morgan fingerprint density at radius 2 is 0.633 bits per heavy atom. The zero-order valence-electron chi connectivity index (χ0n) is 16.0. The van der Waals surface area contributed by atoms with Gasteiger partial charge in [0.25, 0.3) is 0 Å². The molecule has 0 amide bonds. The number of nitrogens with zero attached hydrogens (tertiary/aromatic N) is 3. The molecule has 0 bridgehead atoms. The molecular formula is C27H15N3. The van der Waals surface area contributed by atoms with Crippen LogP contribution in [0.4, 0.5) is 0 Å². The average Bonchev–Trinajstić information content (AvgIpc) is 2.84. The van der Waals surface area contributed by atoms with Crippen LogP contribution in [-0.4, -0.2) is 15.0 Å². The zero-order valence-corrected chi connectivity index (χ0v) is 16.0. The molecule has 0 aliphatic rings. The molecule has 3 heteroatoms. The summed E-state index contributed by atoms with van der Waals surface area (Å²) >= 11 is 0. The number of hydrogen-bond donors (Lipinski definition) is 0. The van der Waals surface area contributed by atoms with Crippen LogP contribution in [0.2, 0.25) is 0 Å². The molecule has 0 fully saturated rings. The predicted octanol–water partition coefficient (Wildman–Crippen LogP) is 4.82. The number of rotatable bonds is 3. The summed E-state index contributed by atoms with van der Waals surface area (Å²) in [6.45, 7) is 0. The van der Waals surface area contributed by atoms with Crippen molar-refractivity contribution in [2.24, 2.45) is 0 Å². The second kappa shape index (κ2) is 8.15. The van der Waals surface area contributed by atoms with E-state index in [4.69, 9.17) is 19.3 Å². The van der Waals surface area contributed by atoms with Crippen LogP contribution in [0.3, 0.4) is 0 Å². The van der Waals surface area contributed by atoms with E-state index < -0.39 is 0 Å². The van der Waals surface area contributed by atoms with Crippen LogP contribution in [0.25, 0.3) is 34.2 Å². The highest BCUT2D eigenvalue weighted by Crippen LogP contribution is 2.25. The average molecular weight is 381 g/mol. The van der Waals surface area contributed by atoms with Crippen LogP contribution in [0.15, 0.2) is 72.8 Å². The van der Waals surface area contributed by atoms with Crippen molar-refractivity contribution < 1.29 is 0 Å². The van der Waals surface area contributed by atoms with Gasteiger partial charge in [0, 0.05) is 33.4 Å². The summed E-state index contributed by atoms with van der Waals surface area (Å²) < 4.78 is 0. The first kappa shape index (κ1) is 18.7. The lowest BCUT2D eigenvalue weighted by molar-refractivity contribution is 1.07. The third-order valence-electron chi connectivity index (χ3n) is 4.56. The standard InChI is InChI=1S/C27H15N3/c1-4-19-7-13-22(14-8-19)25-28-26(23-15-9-20(5-2)10-16-23)30-27(29-25)24-17-11-21(6-3)12-18-24/h1-3,7-18H. The molecule has 0 aliphatic heterocycles. The van der Waals surface area contributed by atoms with Gasteiger partial charge in [-0.25, -0.2) is 15.0 Å². The summed E-state index contributed by atoms with van der Waals surface area (Å²) in [4.78, 5) is 14.1. The van der Waals surface area contributed by atoms with Crippen molar-refractivity contribution in [2.45, 2.75) is 0 Å². The SMILES string of the molecule is C#Cc1ccc(-c2nc(-c3ccc(C#C)cc3)nc(-c3ccc(C#C)cc3)n2)cc1. The van der Waals surface area contributed by atoms with Gasteiger partial charge in [0.2, 0.25) is 0 Å². The number of hydrogen-bond acceptors (Lipinski definition) is 3. The van der Waals surface area contributed by atoms with Crippen LogP contribution < -0.4 is 0 Å². The molecule has 4 rings (SSSR count). The second-order valence-electron chi connectivity index (χ2n) is 6.47. The lowest BCUT2D eigenvalue weighted by atomic mass is 10.1. The maximum Gasteiger partial charge on any atom is 0.164 e. The molecular weight excluding hydrogens is 366 g/mol. The minimum absolute atomic E-state index is 0.556. The van der Waals surface area contributed by atoms with E-state index >= 15 is 0 Å². The Kier molecular flexibility index (Phi) is 5.08. The van der Waals surface area contributed by atoms with E-state index in [1.807, 2.05) is 72.8 Å². The van der Waals surface area contributed by atoms with Gasteiger partial charge < -0.3 is 0 Å². The number of benzene rings is 3. The summed E-state index contributed by atoms with van der Waals surface area (Å²) in [5.41, 5.74) is 4.92. The van der Waals surface area contributed by atoms with E-state index in [1.165, 1.54) is 0 Å². The fraction of sp³-hybridized carbons (Fsp3) is 0. The van der Waals surface area contributed by atoms with Gasteiger partial charge in [0.1, 0.15) is 0 Å². The molecule has 3 nitrogen and oxygen atoms in total. The summed E-state index contributed by atoms with van der Waals surface area (Å²) in [5, 5.41) is 0. The van der Waals surface area contributed by atoms with Crippen molar-refractivity contribution in [1.29, 1.82) is 0 Å². The second-order valence-corrected chi connectivity index (χ2v) is 6.47. The van der Waals surface area contributed by atoms with Crippen LogP contribution in [-0.2, 0) is 0 Å². The first-order valence-electron chi connectivity index (χ1n) is 9.17. The highest BCUT2D eigenvalue weighted by molar-refractivity contribution is 5.67. The highest BCUT2D eigenvalue weighted by atomic mass is 15.0. The fourth-order valence-corrected chi connectivity index (χ4v) is 2.91. The van der Waals surface area contributed by atoms with Gasteiger partial charge in [0.05, 0.1) is 0 Å². The Morgan fingerprint density at radius 3 is 0.833 bits per heavy atom. The van der Waals surface area contributed by atoms with Crippen LogP contribution in [0.5, 0.6) is 0 Å². The molecule has 1 heterocycles. The van der Waals surface area contributed by atoms with E-state index in [0.717, 1.165) is 33.4 Å². The molecule has 138 valence electrons. The summed E-state index contributed by atoms with van der Waals surface area (Å²) in [6.07, 6.45) is 16.4. The van der Waals surface area contributed by atoms with Crippen molar-refractivity contribution in [3.05, 3.63) is 89.5 Å². The van der Waals surface area contributed by atoms with Gasteiger partial charge in [-0.1, -0.05) is 17.8 Å². The van der Waals surface area contributed by atoms with Crippen LogP contribution >= 0.6 is 0 Å². The monoisotopic (exact) mass is 381 g/mol. The first-order chi connectivity index (χ1) is 14.7. The Hall–Kier alpha value is -4.65. The quantitative estimate of drug-likeness (QED) is 0.478. The van der Waals surface area contributed by atoms with Gasteiger partial charge in [0.15, 0.2) is 17.5 Å². The van der Waals surface area contributed by atoms with E-state index in [1.54, 1.807) is 0 Å². The maximum atomic E-state index is 5.47. The smallest absolute Gasteiger partial charge is 0.164 e. The molecule has 0 saturated carbocycles. The van der Waals surface area contributed by atoms with Gasteiger partial charge in [-0.05, 0) is 72.8 Å². The van der Waals surface area contributed by atoms with E-state index in [2.05, 4.69) is 32.7 Å². The highest BCUT2D eigenvalue weighted by Gasteiger charge is 2.12. The fourth-order valence-electron chi connectivity index (χ4n) is 2.91. The lowest BCUT2D eigenvalue weighted by Crippen LogP contribution is -2.00. The Bertz CT molecular complexity index is 1140. The van der Waals surface area contributed by atoms with Crippen molar-refractivity contribution in [3.63, 3.8) is 0 Å². The maximum absolute atomic E-state index is 5.47. The minimum atomic E-state index is 0.556. The normalized spacial score (nSPS) is 9.90. The topological polar surface area (TPSA) is 38.7 Å². The molecule has 0 spiro atoms. The number of terminal acetylenes is 3. The summed E-state index contributed by atoms with van der Waals surface area (Å²) in [7, 11) is 0. The van der Waals surface area contributed by atoms with Gasteiger partial charge >= 0.3 is 0 Å². The predicted molar refractivity (Wildman–Crippen MR) is 120 cm³/mol. The molecule has 30 heavy (non-hydrogen) atoms. The Morgan fingerprint density at radius 1 is 0.400 bits per heavy atom. The van der Waals surface area contributed by atoms with Crippen LogP contribution in [0, 0.1) is 37.0 Å². The summed E-state index contributed by atoms with van der Waals surface area (Å²) in [6, 6.07) is 22.6. The van der Waals surface area contributed by atoms with Crippen molar-refractivity contribution >= 4 is 0 Å². The molecule has 1 aromatic heterocycles. The van der Waals surface area contributed by atoms with E-state index in [-0.39, 0.29) is 0 Å². The van der Waals surface area contributed by atoms with E-state index in [9.17, 15) is 0 Å². The minimum Gasteiger partial charge on any atom is -0.208 e. The lowest BCUT2D eigenvalue weighted by Gasteiger charge is -2.09.